The third kappa shape index (κ3) is 4.77. The van der Waals surface area contributed by atoms with Gasteiger partial charge in [-0.1, -0.05) is 47.1 Å². The molecule has 0 radical (unpaired) electrons. The maximum Gasteiger partial charge on any atom is 0.321 e. The van der Waals surface area contributed by atoms with Crippen molar-refractivity contribution in [3.63, 3.8) is 0 Å². The van der Waals surface area contributed by atoms with Gasteiger partial charge in [0.05, 0.1) is 6.54 Å². The lowest BCUT2D eigenvalue weighted by Gasteiger charge is -2.31. The van der Waals surface area contributed by atoms with Gasteiger partial charge in [0.25, 0.3) is 5.56 Å². The fraction of sp³-hybridized carbons (Fsp3) is 0.320. The van der Waals surface area contributed by atoms with Crippen molar-refractivity contribution in [1.82, 2.24) is 29.9 Å². The van der Waals surface area contributed by atoms with Crippen LogP contribution in [-0.2, 0) is 6.54 Å². The molecule has 0 unspecified atom stereocenters. The summed E-state index contributed by atoms with van der Waals surface area (Å²) < 4.78 is 1.60. The number of aryl methyl sites for hydroxylation is 2. The van der Waals surface area contributed by atoms with Crippen LogP contribution in [-0.4, -0.2) is 49.0 Å². The summed E-state index contributed by atoms with van der Waals surface area (Å²) in [6, 6.07) is 13.4. The molecule has 2 N–H and O–H groups in total. The van der Waals surface area contributed by atoms with E-state index in [4.69, 9.17) is 16.6 Å². The standard InChI is InChI=1S/C25H26ClN7O2/c1-15-7-8-16(2)20(13-15)27-25(35)32-11-9-17(10-12-32)22-28-23-21(24(34)29-22)30-31-33(23)14-18-5-3-4-6-19(18)26/h3-8,13,17H,9-12,14H2,1-2H3,(H,27,35)(H,28,29,34). The summed E-state index contributed by atoms with van der Waals surface area (Å²) in [5.41, 5.74) is 4.13. The fourth-order valence-corrected chi connectivity index (χ4v) is 4.59. The molecule has 1 aliphatic rings. The number of nitrogens with one attached hydrogen (secondary N) is 2. The predicted molar refractivity (Wildman–Crippen MR) is 135 cm³/mol. The van der Waals surface area contributed by atoms with Crippen LogP contribution in [0.2, 0.25) is 5.02 Å². The van der Waals surface area contributed by atoms with E-state index in [0.717, 1.165) is 22.4 Å². The molecule has 3 heterocycles. The summed E-state index contributed by atoms with van der Waals surface area (Å²) in [6.07, 6.45) is 1.39. The molecule has 2 aromatic carbocycles. The van der Waals surface area contributed by atoms with E-state index in [1.165, 1.54) is 0 Å². The highest BCUT2D eigenvalue weighted by Crippen LogP contribution is 2.27. The van der Waals surface area contributed by atoms with Crippen molar-refractivity contribution in [2.75, 3.05) is 18.4 Å². The molecule has 10 heteroatoms. The van der Waals surface area contributed by atoms with Crippen LogP contribution < -0.4 is 10.9 Å². The molecule has 35 heavy (non-hydrogen) atoms. The normalized spacial score (nSPS) is 14.4. The second kappa shape index (κ2) is 9.50. The topological polar surface area (TPSA) is 109 Å². The molecule has 0 spiro atoms. The number of amides is 2. The van der Waals surface area contributed by atoms with Crippen LogP contribution in [0.1, 0.15) is 41.3 Å². The van der Waals surface area contributed by atoms with E-state index in [2.05, 4.69) is 20.6 Å². The van der Waals surface area contributed by atoms with Gasteiger partial charge in [0.15, 0.2) is 11.2 Å². The average molecular weight is 492 g/mol. The van der Waals surface area contributed by atoms with Crippen LogP contribution in [0.5, 0.6) is 0 Å². The number of H-pyrrole nitrogens is 1. The zero-order valence-corrected chi connectivity index (χ0v) is 20.3. The Kier molecular flexibility index (Phi) is 6.25. The number of rotatable bonds is 4. The molecular formula is C25H26ClN7O2. The molecule has 9 nitrogen and oxygen atoms in total. The third-order valence-electron chi connectivity index (χ3n) is 6.47. The molecule has 5 rings (SSSR count). The van der Waals surface area contributed by atoms with Crippen LogP contribution in [0.15, 0.2) is 47.3 Å². The van der Waals surface area contributed by atoms with Crippen LogP contribution in [0.3, 0.4) is 0 Å². The van der Waals surface area contributed by atoms with Gasteiger partial charge in [0.1, 0.15) is 5.82 Å². The summed E-state index contributed by atoms with van der Waals surface area (Å²) in [7, 11) is 0. The number of hydrogen-bond acceptors (Lipinski definition) is 5. The first kappa shape index (κ1) is 23.0. The summed E-state index contributed by atoms with van der Waals surface area (Å²) in [4.78, 5) is 34.9. The van der Waals surface area contributed by atoms with E-state index in [1.807, 2.05) is 56.3 Å². The van der Waals surface area contributed by atoms with Crippen molar-refractivity contribution in [2.24, 2.45) is 0 Å². The number of anilines is 1. The van der Waals surface area contributed by atoms with Crippen LogP contribution >= 0.6 is 11.6 Å². The van der Waals surface area contributed by atoms with E-state index >= 15 is 0 Å². The van der Waals surface area contributed by atoms with Gasteiger partial charge in [0.2, 0.25) is 0 Å². The second-order valence-corrected chi connectivity index (χ2v) is 9.38. The SMILES string of the molecule is Cc1ccc(C)c(NC(=O)N2CCC(c3nc4c(nnn4Cc4ccccc4Cl)c(=O)[nH]3)CC2)c1. The minimum absolute atomic E-state index is 0.0283. The quantitative estimate of drug-likeness (QED) is 0.443. The predicted octanol–water partition coefficient (Wildman–Crippen LogP) is 4.24. The van der Waals surface area contributed by atoms with Crippen molar-refractivity contribution in [3.05, 3.63) is 80.4 Å². The van der Waals surface area contributed by atoms with Crippen LogP contribution in [0, 0.1) is 13.8 Å². The Labute approximate surface area is 207 Å². The zero-order chi connectivity index (χ0) is 24.5. The highest BCUT2D eigenvalue weighted by molar-refractivity contribution is 6.31. The Morgan fingerprint density at radius 2 is 1.94 bits per heavy atom. The molecule has 2 aromatic heterocycles. The average Bonchev–Trinajstić information content (AvgIpc) is 3.26. The molecule has 1 saturated heterocycles. The summed E-state index contributed by atoms with van der Waals surface area (Å²) in [5, 5.41) is 11.8. The van der Waals surface area contributed by atoms with Gasteiger partial charge in [-0.25, -0.2) is 14.5 Å². The van der Waals surface area contributed by atoms with E-state index in [0.29, 0.717) is 49.0 Å². The van der Waals surface area contributed by atoms with Crippen molar-refractivity contribution >= 4 is 34.5 Å². The Morgan fingerprint density at radius 1 is 1.17 bits per heavy atom. The first-order chi connectivity index (χ1) is 16.9. The van der Waals surface area contributed by atoms with Gasteiger partial charge in [-0.05, 0) is 55.5 Å². The fourth-order valence-electron chi connectivity index (χ4n) is 4.39. The number of piperidine rings is 1. The minimum Gasteiger partial charge on any atom is -0.324 e. The monoisotopic (exact) mass is 491 g/mol. The van der Waals surface area contributed by atoms with Gasteiger partial charge in [-0.3, -0.25) is 4.79 Å². The molecule has 180 valence electrons. The Bertz CT molecular complexity index is 1450. The summed E-state index contributed by atoms with van der Waals surface area (Å²) >= 11 is 6.30. The van der Waals surface area contributed by atoms with Gasteiger partial charge in [0, 0.05) is 29.7 Å². The van der Waals surface area contributed by atoms with E-state index in [1.54, 1.807) is 9.58 Å². The molecular weight excluding hydrogens is 466 g/mol. The Hall–Kier alpha value is -3.72. The summed E-state index contributed by atoms with van der Waals surface area (Å²) in [6.45, 7) is 5.48. The highest BCUT2D eigenvalue weighted by Gasteiger charge is 2.27. The van der Waals surface area contributed by atoms with Crippen molar-refractivity contribution in [3.8, 4) is 0 Å². The number of likely N-dealkylation sites (tertiary alicyclic amines) is 1. The number of hydrogen-bond donors (Lipinski definition) is 2. The molecule has 0 bridgehead atoms. The van der Waals surface area contributed by atoms with Gasteiger partial charge < -0.3 is 15.2 Å². The highest BCUT2D eigenvalue weighted by atomic mass is 35.5. The van der Waals surface area contributed by atoms with Gasteiger partial charge in [-0.15, -0.1) is 5.10 Å². The van der Waals surface area contributed by atoms with E-state index in [-0.39, 0.29) is 23.0 Å². The number of halogens is 1. The van der Waals surface area contributed by atoms with E-state index < -0.39 is 0 Å². The van der Waals surface area contributed by atoms with Crippen LogP contribution in [0.25, 0.3) is 11.2 Å². The number of benzene rings is 2. The lowest BCUT2D eigenvalue weighted by Crippen LogP contribution is -2.41. The summed E-state index contributed by atoms with van der Waals surface area (Å²) in [5.74, 6) is 0.625. The number of nitrogens with zero attached hydrogens (tertiary/aromatic N) is 5. The smallest absolute Gasteiger partial charge is 0.321 e. The lowest BCUT2D eigenvalue weighted by atomic mass is 9.96. The molecule has 0 atom stereocenters. The van der Waals surface area contributed by atoms with Crippen LogP contribution in [0.4, 0.5) is 10.5 Å². The molecule has 4 aromatic rings. The molecule has 1 aliphatic heterocycles. The number of fused-ring (bicyclic) bond motifs is 1. The van der Waals surface area contributed by atoms with Gasteiger partial charge in [-0.2, -0.15) is 0 Å². The maximum atomic E-state index is 12.8. The van der Waals surface area contributed by atoms with Crippen molar-refractivity contribution < 1.29 is 4.79 Å². The lowest BCUT2D eigenvalue weighted by molar-refractivity contribution is 0.193. The van der Waals surface area contributed by atoms with Crippen molar-refractivity contribution in [1.29, 1.82) is 0 Å². The zero-order valence-electron chi connectivity index (χ0n) is 19.6. The number of aromatic amines is 1. The van der Waals surface area contributed by atoms with E-state index in [9.17, 15) is 9.59 Å². The Balaban J connectivity index is 1.31. The Morgan fingerprint density at radius 3 is 2.71 bits per heavy atom. The third-order valence-corrected chi connectivity index (χ3v) is 6.84. The first-order valence-electron chi connectivity index (χ1n) is 11.6. The number of carbonyl (C=O) groups excluding carboxylic acids is 1. The number of urea groups is 1. The van der Waals surface area contributed by atoms with Crippen molar-refractivity contribution in [2.45, 2.75) is 39.2 Å². The molecule has 0 aliphatic carbocycles. The first-order valence-corrected chi connectivity index (χ1v) is 12.0. The number of carbonyl (C=O) groups is 1. The second-order valence-electron chi connectivity index (χ2n) is 8.97. The molecule has 0 saturated carbocycles. The largest absolute Gasteiger partial charge is 0.324 e. The number of aromatic nitrogens is 5. The van der Waals surface area contributed by atoms with Gasteiger partial charge >= 0.3 is 6.03 Å². The minimum atomic E-state index is -0.314. The molecule has 1 fully saturated rings. The maximum absolute atomic E-state index is 12.8. The molecule has 2 amide bonds.